The summed E-state index contributed by atoms with van der Waals surface area (Å²) in [4.78, 5) is 13.2. The molecule has 6 nitrogen and oxygen atoms in total. The summed E-state index contributed by atoms with van der Waals surface area (Å²) in [7, 11) is 0. The Morgan fingerprint density at radius 3 is 2.48 bits per heavy atom. The molecule has 0 atom stereocenters. The Bertz CT molecular complexity index is 1210. The molecule has 0 aliphatic rings. The van der Waals surface area contributed by atoms with Gasteiger partial charge in [-0.25, -0.2) is 15.0 Å². The molecule has 5 aromatic rings. The zero-order valence-electron chi connectivity index (χ0n) is 15.6. The number of hydrogen-bond donors (Lipinski definition) is 0. The van der Waals surface area contributed by atoms with E-state index in [1.54, 1.807) is 18.9 Å². The van der Waals surface area contributed by atoms with Crippen LogP contribution in [-0.2, 0) is 13.2 Å². The molecule has 0 fully saturated rings. The largest absolute Gasteiger partial charge is 0.489 e. The maximum Gasteiger partial charge on any atom is 0.164 e. The number of benzene rings is 2. The van der Waals surface area contributed by atoms with E-state index >= 15 is 0 Å². The second-order valence-electron chi connectivity index (χ2n) is 6.66. The van der Waals surface area contributed by atoms with Crippen LogP contribution in [0.1, 0.15) is 11.1 Å². The zero-order valence-corrected chi connectivity index (χ0v) is 15.6. The van der Waals surface area contributed by atoms with E-state index in [2.05, 4.69) is 39.2 Å². The third kappa shape index (κ3) is 3.60. The molecule has 142 valence electrons. The Labute approximate surface area is 167 Å². The number of nitrogens with zero attached hydrogens (tertiary/aromatic N) is 4. The molecule has 0 saturated carbocycles. The van der Waals surface area contributed by atoms with Gasteiger partial charge in [-0.05, 0) is 35.4 Å². The fraction of sp³-hybridized carbons (Fsp3) is 0.0870. The minimum absolute atomic E-state index is 0.554. The fourth-order valence-electron chi connectivity index (χ4n) is 3.22. The Balaban J connectivity index is 1.33. The van der Waals surface area contributed by atoms with E-state index in [1.165, 1.54) is 0 Å². The molecule has 2 aromatic carbocycles. The summed E-state index contributed by atoms with van der Waals surface area (Å²) in [6.07, 6.45) is 4.95. The second kappa shape index (κ2) is 7.59. The summed E-state index contributed by atoms with van der Waals surface area (Å²) in [5.41, 5.74) is 4.48. The van der Waals surface area contributed by atoms with Crippen molar-refractivity contribution in [2.24, 2.45) is 0 Å². The van der Waals surface area contributed by atoms with E-state index in [9.17, 15) is 0 Å². The summed E-state index contributed by atoms with van der Waals surface area (Å²) in [5, 5.41) is 0. The summed E-state index contributed by atoms with van der Waals surface area (Å²) < 4.78 is 13.3. The van der Waals surface area contributed by atoms with Crippen molar-refractivity contribution < 1.29 is 9.15 Å². The highest BCUT2D eigenvalue weighted by atomic mass is 16.5. The summed E-state index contributed by atoms with van der Waals surface area (Å²) in [5.74, 6) is 1.53. The molecule has 3 aromatic heterocycles. The molecular formula is C23H18N4O2. The average molecular weight is 382 g/mol. The van der Waals surface area contributed by atoms with Gasteiger partial charge in [0.1, 0.15) is 29.9 Å². The van der Waals surface area contributed by atoms with Gasteiger partial charge in [-0.3, -0.25) is 0 Å². The Morgan fingerprint density at radius 2 is 1.69 bits per heavy atom. The van der Waals surface area contributed by atoms with Crippen LogP contribution in [0, 0.1) is 0 Å². The number of hydrogen-bond acceptors (Lipinski definition) is 5. The Morgan fingerprint density at radius 1 is 0.828 bits per heavy atom. The summed E-state index contributed by atoms with van der Waals surface area (Å²) in [6, 6.07) is 21.9. The predicted octanol–water partition coefficient (Wildman–Crippen LogP) is 4.71. The van der Waals surface area contributed by atoms with E-state index in [4.69, 9.17) is 9.15 Å². The van der Waals surface area contributed by atoms with Crippen molar-refractivity contribution in [2.45, 2.75) is 13.2 Å². The second-order valence-corrected chi connectivity index (χ2v) is 6.66. The van der Waals surface area contributed by atoms with Crippen LogP contribution in [-0.4, -0.2) is 19.5 Å². The van der Waals surface area contributed by atoms with Gasteiger partial charge in [0.25, 0.3) is 0 Å². The molecule has 0 N–H and O–H groups in total. The maximum absolute atomic E-state index is 5.86. The van der Waals surface area contributed by atoms with Crippen molar-refractivity contribution in [1.29, 1.82) is 0 Å². The number of rotatable bonds is 6. The minimum Gasteiger partial charge on any atom is -0.489 e. The molecule has 0 amide bonds. The molecule has 0 saturated heterocycles. The van der Waals surface area contributed by atoms with Gasteiger partial charge in [0.2, 0.25) is 0 Å². The van der Waals surface area contributed by atoms with Gasteiger partial charge in [-0.15, -0.1) is 0 Å². The lowest BCUT2D eigenvalue weighted by Crippen LogP contribution is -2.00. The van der Waals surface area contributed by atoms with Gasteiger partial charge in [0, 0.05) is 0 Å². The van der Waals surface area contributed by atoms with Crippen LogP contribution in [0.5, 0.6) is 5.75 Å². The monoisotopic (exact) mass is 382 g/mol. The lowest BCUT2D eigenvalue weighted by molar-refractivity contribution is 0.306. The van der Waals surface area contributed by atoms with Crippen LogP contribution >= 0.6 is 0 Å². The van der Waals surface area contributed by atoms with E-state index in [0.29, 0.717) is 24.6 Å². The molecule has 3 heterocycles. The van der Waals surface area contributed by atoms with Crippen LogP contribution in [0.2, 0.25) is 0 Å². The van der Waals surface area contributed by atoms with Crippen molar-refractivity contribution in [1.82, 2.24) is 19.5 Å². The highest BCUT2D eigenvalue weighted by molar-refractivity contribution is 5.85. The van der Waals surface area contributed by atoms with Crippen molar-refractivity contribution in [2.75, 3.05) is 0 Å². The number of ether oxygens (including phenoxy) is 1. The standard InChI is InChI=1S/C23H18N4O2/c1-2-5-18(6-3-1)14-29-19-10-8-17(9-11-19)13-27-16-26-22-21(20-7-4-12-28-20)24-15-25-23(22)27/h1-12,15-16H,13-14H2. The lowest BCUT2D eigenvalue weighted by Gasteiger charge is -2.08. The minimum atomic E-state index is 0.554. The topological polar surface area (TPSA) is 66.0 Å². The molecule has 0 aliphatic heterocycles. The highest BCUT2D eigenvalue weighted by Gasteiger charge is 2.13. The van der Waals surface area contributed by atoms with E-state index in [0.717, 1.165) is 28.0 Å². The number of aromatic nitrogens is 4. The van der Waals surface area contributed by atoms with Crippen LogP contribution in [0.4, 0.5) is 0 Å². The van der Waals surface area contributed by atoms with Crippen molar-refractivity contribution in [3.63, 3.8) is 0 Å². The van der Waals surface area contributed by atoms with Gasteiger partial charge in [-0.2, -0.15) is 0 Å². The molecule has 0 radical (unpaired) electrons. The number of furan rings is 1. The average Bonchev–Trinajstić information content (AvgIpc) is 3.45. The van der Waals surface area contributed by atoms with Crippen LogP contribution in [0.15, 0.2) is 90.1 Å². The van der Waals surface area contributed by atoms with E-state index < -0.39 is 0 Å². The first-order valence-electron chi connectivity index (χ1n) is 9.32. The Hall–Kier alpha value is -3.93. The van der Waals surface area contributed by atoms with Gasteiger partial charge in [0.05, 0.1) is 19.1 Å². The van der Waals surface area contributed by atoms with Gasteiger partial charge in [-0.1, -0.05) is 42.5 Å². The molecule has 5 rings (SSSR count). The maximum atomic E-state index is 5.86. The van der Waals surface area contributed by atoms with Crippen molar-refractivity contribution in [3.05, 3.63) is 96.8 Å². The molecule has 0 spiro atoms. The molecular weight excluding hydrogens is 364 g/mol. The van der Waals surface area contributed by atoms with Crippen LogP contribution in [0.3, 0.4) is 0 Å². The first-order chi connectivity index (χ1) is 14.4. The highest BCUT2D eigenvalue weighted by Crippen LogP contribution is 2.25. The SMILES string of the molecule is c1ccc(COc2ccc(Cn3cnc4c(-c5ccco5)ncnc43)cc2)cc1. The molecule has 0 bridgehead atoms. The summed E-state index contributed by atoms with van der Waals surface area (Å²) >= 11 is 0. The third-order valence-electron chi connectivity index (χ3n) is 4.68. The fourth-order valence-corrected chi connectivity index (χ4v) is 3.22. The van der Waals surface area contributed by atoms with Crippen LogP contribution < -0.4 is 4.74 Å². The van der Waals surface area contributed by atoms with Gasteiger partial charge < -0.3 is 13.7 Å². The predicted molar refractivity (Wildman–Crippen MR) is 109 cm³/mol. The first-order valence-corrected chi connectivity index (χ1v) is 9.32. The number of imidazole rings is 1. The van der Waals surface area contributed by atoms with Gasteiger partial charge >= 0.3 is 0 Å². The Kier molecular flexibility index (Phi) is 4.50. The molecule has 29 heavy (non-hydrogen) atoms. The zero-order chi connectivity index (χ0) is 19.5. The van der Waals surface area contributed by atoms with E-state index in [1.807, 2.05) is 47.0 Å². The molecule has 0 unspecified atom stereocenters. The smallest absolute Gasteiger partial charge is 0.164 e. The van der Waals surface area contributed by atoms with Gasteiger partial charge in [0.15, 0.2) is 11.4 Å². The molecule has 6 heteroatoms. The van der Waals surface area contributed by atoms with E-state index in [-0.39, 0.29) is 0 Å². The third-order valence-corrected chi connectivity index (χ3v) is 4.68. The van der Waals surface area contributed by atoms with Crippen molar-refractivity contribution >= 4 is 11.2 Å². The van der Waals surface area contributed by atoms with Crippen LogP contribution in [0.25, 0.3) is 22.6 Å². The quantitative estimate of drug-likeness (QED) is 0.425. The molecule has 0 aliphatic carbocycles. The van der Waals surface area contributed by atoms with Crippen molar-refractivity contribution in [3.8, 4) is 17.2 Å². The summed E-state index contributed by atoms with van der Waals surface area (Å²) in [6.45, 7) is 1.21. The lowest BCUT2D eigenvalue weighted by atomic mass is 10.2. The normalized spacial score (nSPS) is 11.0. The first kappa shape index (κ1) is 17.2. The number of fused-ring (bicyclic) bond motifs is 1.